The minimum atomic E-state index is -3.47. The molecule has 0 saturated heterocycles. The van der Waals surface area contributed by atoms with Gasteiger partial charge in [-0.1, -0.05) is 17.7 Å². The van der Waals surface area contributed by atoms with E-state index in [9.17, 15) is 13.2 Å². The molecule has 2 aromatic rings. The van der Waals surface area contributed by atoms with E-state index in [0.29, 0.717) is 16.3 Å². The van der Waals surface area contributed by atoms with Gasteiger partial charge >= 0.3 is 0 Å². The van der Waals surface area contributed by atoms with E-state index < -0.39 is 10.0 Å². The summed E-state index contributed by atoms with van der Waals surface area (Å²) in [5.41, 5.74) is 1.95. The Morgan fingerprint density at radius 2 is 1.69 bits per heavy atom. The van der Waals surface area contributed by atoms with Crippen LogP contribution in [0, 0.1) is 0 Å². The van der Waals surface area contributed by atoms with E-state index in [-0.39, 0.29) is 19.0 Å². The molecule has 0 spiro atoms. The van der Waals surface area contributed by atoms with Crippen LogP contribution >= 0.6 is 11.6 Å². The molecule has 0 bridgehead atoms. The summed E-state index contributed by atoms with van der Waals surface area (Å²) in [4.78, 5) is 14.1. The van der Waals surface area contributed by atoms with Crippen LogP contribution in [0.4, 0.5) is 11.4 Å². The second-order valence-corrected chi connectivity index (χ2v) is 8.36. The molecule has 6 nitrogen and oxygen atoms in total. The van der Waals surface area contributed by atoms with E-state index in [1.54, 1.807) is 36.4 Å². The summed E-state index contributed by atoms with van der Waals surface area (Å²) >= 11 is 5.88. The van der Waals surface area contributed by atoms with Gasteiger partial charge in [-0.2, -0.15) is 0 Å². The number of sulfonamides is 1. The Hall–Kier alpha value is -2.25. The van der Waals surface area contributed by atoms with Crippen LogP contribution in [0.3, 0.4) is 0 Å². The standard InChI is InChI=1S/C18H22ClN3O3S/c1-21(2)16-7-9-17(10-8-16)22(26(3,24)25)12-11-20-18(23)14-5-4-6-15(19)13-14/h4-10,13H,11-12H2,1-3H3,(H,20,23). The van der Waals surface area contributed by atoms with Crippen LogP contribution in [0.5, 0.6) is 0 Å². The Kier molecular flexibility index (Phi) is 6.50. The van der Waals surface area contributed by atoms with Crippen molar-refractivity contribution in [1.29, 1.82) is 0 Å². The molecule has 1 amide bonds. The number of amides is 1. The molecule has 0 aliphatic carbocycles. The molecule has 26 heavy (non-hydrogen) atoms. The number of benzene rings is 2. The van der Waals surface area contributed by atoms with E-state index in [1.807, 2.05) is 31.1 Å². The molecule has 0 aliphatic rings. The number of rotatable bonds is 7. The SMILES string of the molecule is CN(C)c1ccc(N(CCNC(=O)c2cccc(Cl)c2)S(C)(=O)=O)cc1. The van der Waals surface area contributed by atoms with Crippen molar-refractivity contribution in [2.45, 2.75) is 0 Å². The number of anilines is 2. The van der Waals surface area contributed by atoms with Gasteiger partial charge in [0.15, 0.2) is 0 Å². The molecule has 2 aromatic carbocycles. The summed E-state index contributed by atoms with van der Waals surface area (Å²) in [6, 6.07) is 13.8. The summed E-state index contributed by atoms with van der Waals surface area (Å²) in [5, 5.41) is 3.19. The Bertz CT molecular complexity index is 868. The van der Waals surface area contributed by atoms with Crippen molar-refractivity contribution in [3.8, 4) is 0 Å². The summed E-state index contributed by atoms with van der Waals surface area (Å²) < 4.78 is 25.5. The Balaban J connectivity index is 2.06. The molecule has 0 fully saturated rings. The van der Waals surface area contributed by atoms with Crippen molar-refractivity contribution >= 4 is 38.9 Å². The minimum absolute atomic E-state index is 0.131. The van der Waals surface area contributed by atoms with Crippen LogP contribution in [0.25, 0.3) is 0 Å². The van der Waals surface area contributed by atoms with Crippen molar-refractivity contribution in [2.24, 2.45) is 0 Å². The summed E-state index contributed by atoms with van der Waals surface area (Å²) in [5.74, 6) is -0.302. The van der Waals surface area contributed by atoms with E-state index in [0.717, 1.165) is 11.9 Å². The molecule has 0 atom stereocenters. The van der Waals surface area contributed by atoms with Gasteiger partial charge in [0, 0.05) is 36.9 Å². The van der Waals surface area contributed by atoms with Gasteiger partial charge < -0.3 is 10.2 Å². The van der Waals surface area contributed by atoms with Gasteiger partial charge in [-0.15, -0.1) is 0 Å². The molecule has 0 unspecified atom stereocenters. The second-order valence-electron chi connectivity index (χ2n) is 6.01. The zero-order valence-corrected chi connectivity index (χ0v) is 16.5. The highest BCUT2D eigenvalue weighted by molar-refractivity contribution is 7.92. The van der Waals surface area contributed by atoms with Crippen LogP contribution in [-0.4, -0.2) is 47.8 Å². The fourth-order valence-electron chi connectivity index (χ4n) is 2.41. The maximum atomic E-state index is 12.1. The average Bonchev–Trinajstić information content (AvgIpc) is 2.57. The number of nitrogens with zero attached hydrogens (tertiary/aromatic N) is 2. The molecule has 0 aromatic heterocycles. The minimum Gasteiger partial charge on any atom is -0.378 e. The molecule has 0 radical (unpaired) electrons. The first-order valence-electron chi connectivity index (χ1n) is 7.97. The van der Waals surface area contributed by atoms with Gasteiger partial charge in [-0.3, -0.25) is 9.10 Å². The third-order valence-electron chi connectivity index (χ3n) is 3.74. The van der Waals surface area contributed by atoms with E-state index >= 15 is 0 Å². The second kappa shape index (κ2) is 8.42. The molecular formula is C18H22ClN3O3S. The molecule has 0 aliphatic heterocycles. The summed E-state index contributed by atoms with van der Waals surface area (Å²) in [7, 11) is 0.350. The van der Waals surface area contributed by atoms with Gasteiger partial charge in [0.25, 0.3) is 5.91 Å². The number of hydrogen-bond donors (Lipinski definition) is 1. The van der Waals surface area contributed by atoms with Crippen LogP contribution in [0.1, 0.15) is 10.4 Å². The highest BCUT2D eigenvalue weighted by atomic mass is 35.5. The summed E-state index contributed by atoms with van der Waals surface area (Å²) in [6.07, 6.45) is 1.14. The van der Waals surface area contributed by atoms with Gasteiger partial charge in [0.1, 0.15) is 0 Å². The quantitative estimate of drug-likeness (QED) is 0.782. The number of nitrogens with one attached hydrogen (secondary N) is 1. The highest BCUT2D eigenvalue weighted by Gasteiger charge is 2.17. The lowest BCUT2D eigenvalue weighted by Crippen LogP contribution is -2.38. The van der Waals surface area contributed by atoms with E-state index in [2.05, 4.69) is 5.32 Å². The van der Waals surface area contributed by atoms with Gasteiger partial charge in [0.05, 0.1) is 18.5 Å². The first kappa shape index (κ1) is 20.1. The zero-order valence-electron chi connectivity index (χ0n) is 14.9. The molecule has 0 saturated carbocycles. The Morgan fingerprint density at radius 1 is 1.08 bits per heavy atom. The number of carbonyl (C=O) groups is 1. The average molecular weight is 396 g/mol. The van der Waals surface area contributed by atoms with E-state index in [4.69, 9.17) is 11.6 Å². The molecule has 8 heteroatoms. The van der Waals surface area contributed by atoms with Gasteiger partial charge in [-0.25, -0.2) is 8.42 Å². The van der Waals surface area contributed by atoms with Crippen molar-refractivity contribution in [3.63, 3.8) is 0 Å². The number of carbonyl (C=O) groups excluding carboxylic acids is 1. The lowest BCUT2D eigenvalue weighted by Gasteiger charge is -2.23. The first-order valence-corrected chi connectivity index (χ1v) is 10.2. The molecule has 1 N–H and O–H groups in total. The first-order chi connectivity index (χ1) is 12.2. The maximum absolute atomic E-state index is 12.1. The van der Waals surface area contributed by atoms with Crippen LogP contribution in [-0.2, 0) is 10.0 Å². The number of hydrogen-bond acceptors (Lipinski definition) is 4. The normalized spacial score (nSPS) is 11.1. The van der Waals surface area contributed by atoms with Crippen molar-refractivity contribution < 1.29 is 13.2 Å². The largest absolute Gasteiger partial charge is 0.378 e. The van der Waals surface area contributed by atoms with Gasteiger partial charge in [0.2, 0.25) is 10.0 Å². The summed E-state index contributed by atoms with van der Waals surface area (Å²) in [6.45, 7) is 0.306. The topological polar surface area (TPSA) is 69.7 Å². The molecule has 140 valence electrons. The maximum Gasteiger partial charge on any atom is 0.251 e. The fraction of sp³-hybridized carbons (Fsp3) is 0.278. The van der Waals surface area contributed by atoms with Crippen LogP contribution in [0.15, 0.2) is 48.5 Å². The Morgan fingerprint density at radius 3 is 2.23 bits per heavy atom. The molecule has 2 rings (SSSR count). The third-order valence-corrected chi connectivity index (χ3v) is 5.17. The predicted molar refractivity (Wildman–Crippen MR) is 107 cm³/mol. The van der Waals surface area contributed by atoms with Crippen LogP contribution < -0.4 is 14.5 Å². The van der Waals surface area contributed by atoms with Crippen LogP contribution in [0.2, 0.25) is 5.02 Å². The lowest BCUT2D eigenvalue weighted by atomic mass is 10.2. The predicted octanol–water partition coefficient (Wildman–Crippen LogP) is 2.60. The lowest BCUT2D eigenvalue weighted by molar-refractivity contribution is 0.0955. The monoisotopic (exact) mass is 395 g/mol. The third kappa shape index (κ3) is 5.37. The molecule has 0 heterocycles. The van der Waals surface area contributed by atoms with Crippen molar-refractivity contribution in [3.05, 3.63) is 59.1 Å². The zero-order chi connectivity index (χ0) is 19.3. The number of halogens is 1. The van der Waals surface area contributed by atoms with Crippen molar-refractivity contribution in [2.75, 3.05) is 42.6 Å². The Labute approximate surface area is 159 Å². The molecular weight excluding hydrogens is 374 g/mol. The smallest absolute Gasteiger partial charge is 0.251 e. The van der Waals surface area contributed by atoms with E-state index in [1.165, 1.54) is 4.31 Å². The highest BCUT2D eigenvalue weighted by Crippen LogP contribution is 2.21. The fourth-order valence-corrected chi connectivity index (χ4v) is 3.52. The van der Waals surface area contributed by atoms with Crippen molar-refractivity contribution in [1.82, 2.24) is 5.32 Å². The van der Waals surface area contributed by atoms with Gasteiger partial charge in [-0.05, 0) is 42.5 Å².